The lowest BCUT2D eigenvalue weighted by Gasteiger charge is -2.32. The quantitative estimate of drug-likeness (QED) is 0.626. The Labute approximate surface area is 177 Å². The molecule has 1 saturated heterocycles. The molecule has 3 aromatic rings. The van der Waals surface area contributed by atoms with Crippen LogP contribution in [0.25, 0.3) is 0 Å². The van der Waals surface area contributed by atoms with Gasteiger partial charge in [0.1, 0.15) is 5.75 Å². The number of amides is 1. The highest BCUT2D eigenvalue weighted by Gasteiger charge is 2.24. The monoisotopic (exact) mass is 401 g/mol. The zero-order chi connectivity index (χ0) is 20.8. The molecule has 0 unspecified atom stereocenters. The lowest BCUT2D eigenvalue weighted by Crippen LogP contribution is -2.39. The number of nitrogens with zero attached hydrogens (tertiary/aromatic N) is 3. The van der Waals surface area contributed by atoms with Gasteiger partial charge in [0.05, 0.1) is 13.5 Å². The van der Waals surface area contributed by atoms with Crippen molar-refractivity contribution in [1.29, 1.82) is 0 Å². The molecular weight excluding hydrogens is 374 g/mol. The Morgan fingerprint density at radius 1 is 1.03 bits per heavy atom. The Bertz CT molecular complexity index is 965. The normalized spacial score (nSPS) is 14.5. The van der Waals surface area contributed by atoms with Crippen molar-refractivity contribution in [3.05, 3.63) is 89.5 Å². The zero-order valence-electron chi connectivity index (χ0n) is 17.3. The highest BCUT2D eigenvalue weighted by molar-refractivity contribution is 5.78. The SMILES string of the molecule is COc1ccc(Cc2cccc(C3CCN(C(=O)Cc4cccnc4)CC3)n2)cc1. The summed E-state index contributed by atoms with van der Waals surface area (Å²) in [7, 11) is 1.68. The van der Waals surface area contributed by atoms with Gasteiger partial charge in [0, 0.05) is 49.2 Å². The lowest BCUT2D eigenvalue weighted by atomic mass is 9.92. The molecule has 1 amide bonds. The molecule has 0 aliphatic carbocycles. The number of aromatic nitrogens is 2. The maximum atomic E-state index is 12.6. The number of benzene rings is 1. The Morgan fingerprint density at radius 3 is 2.53 bits per heavy atom. The molecule has 0 atom stereocenters. The number of carbonyl (C=O) groups is 1. The fourth-order valence-corrected chi connectivity index (χ4v) is 3.99. The van der Waals surface area contributed by atoms with Crippen molar-refractivity contribution in [3.8, 4) is 5.75 Å². The fourth-order valence-electron chi connectivity index (χ4n) is 3.99. The van der Waals surface area contributed by atoms with E-state index in [9.17, 15) is 4.79 Å². The maximum Gasteiger partial charge on any atom is 0.227 e. The second-order valence-electron chi connectivity index (χ2n) is 7.77. The van der Waals surface area contributed by atoms with Gasteiger partial charge in [-0.15, -0.1) is 0 Å². The molecule has 1 fully saturated rings. The van der Waals surface area contributed by atoms with Crippen LogP contribution >= 0.6 is 0 Å². The van der Waals surface area contributed by atoms with Gasteiger partial charge in [0.25, 0.3) is 0 Å². The van der Waals surface area contributed by atoms with Crippen LogP contribution in [0.2, 0.25) is 0 Å². The fraction of sp³-hybridized carbons (Fsp3) is 0.320. The van der Waals surface area contributed by atoms with Crippen LogP contribution in [0, 0.1) is 0 Å². The van der Waals surface area contributed by atoms with Crippen molar-refractivity contribution in [2.24, 2.45) is 0 Å². The minimum Gasteiger partial charge on any atom is -0.497 e. The van der Waals surface area contributed by atoms with E-state index in [0.717, 1.165) is 55.1 Å². The van der Waals surface area contributed by atoms with Crippen molar-refractivity contribution < 1.29 is 9.53 Å². The van der Waals surface area contributed by atoms with Crippen molar-refractivity contribution in [2.45, 2.75) is 31.6 Å². The first-order chi connectivity index (χ1) is 14.7. The summed E-state index contributed by atoms with van der Waals surface area (Å²) >= 11 is 0. The molecule has 1 aliphatic rings. The number of ether oxygens (including phenoxy) is 1. The van der Waals surface area contributed by atoms with Gasteiger partial charge in [-0.3, -0.25) is 14.8 Å². The summed E-state index contributed by atoms with van der Waals surface area (Å²) in [6, 6.07) is 18.3. The first-order valence-corrected chi connectivity index (χ1v) is 10.5. The van der Waals surface area contributed by atoms with Crippen LogP contribution < -0.4 is 4.74 Å². The standard InChI is InChI=1S/C25H27N3O2/c1-30-23-9-7-19(8-10-23)16-22-5-2-6-24(27-22)21-11-14-28(15-12-21)25(29)17-20-4-3-13-26-18-20/h2-10,13,18,21H,11-12,14-17H2,1H3. The van der Waals surface area contributed by atoms with Gasteiger partial charge >= 0.3 is 0 Å². The van der Waals surface area contributed by atoms with Crippen LogP contribution in [0.3, 0.4) is 0 Å². The summed E-state index contributed by atoms with van der Waals surface area (Å²) in [6.45, 7) is 1.57. The average Bonchev–Trinajstić information content (AvgIpc) is 2.80. The number of hydrogen-bond donors (Lipinski definition) is 0. The minimum absolute atomic E-state index is 0.183. The zero-order valence-corrected chi connectivity index (χ0v) is 17.3. The van der Waals surface area contributed by atoms with Gasteiger partial charge in [0.15, 0.2) is 0 Å². The van der Waals surface area contributed by atoms with Crippen LogP contribution in [0.15, 0.2) is 67.0 Å². The van der Waals surface area contributed by atoms with Gasteiger partial charge in [-0.25, -0.2) is 0 Å². The van der Waals surface area contributed by atoms with Crippen LogP contribution in [0.5, 0.6) is 5.75 Å². The second kappa shape index (κ2) is 9.53. The molecule has 0 bridgehead atoms. The molecule has 3 heterocycles. The predicted octanol–water partition coefficient (Wildman–Crippen LogP) is 4.02. The molecule has 1 aliphatic heterocycles. The van der Waals surface area contributed by atoms with Crippen LogP contribution in [-0.2, 0) is 17.6 Å². The lowest BCUT2D eigenvalue weighted by molar-refractivity contribution is -0.131. The number of rotatable bonds is 6. The van der Waals surface area contributed by atoms with E-state index in [-0.39, 0.29) is 5.91 Å². The predicted molar refractivity (Wildman–Crippen MR) is 117 cm³/mol. The average molecular weight is 402 g/mol. The highest BCUT2D eigenvalue weighted by atomic mass is 16.5. The van der Waals surface area contributed by atoms with Crippen LogP contribution in [0.1, 0.15) is 41.3 Å². The Kier molecular flexibility index (Phi) is 6.38. The van der Waals surface area contributed by atoms with E-state index < -0.39 is 0 Å². The topological polar surface area (TPSA) is 55.3 Å². The molecule has 30 heavy (non-hydrogen) atoms. The van der Waals surface area contributed by atoms with Gasteiger partial charge in [0.2, 0.25) is 5.91 Å². The first kappa shape index (κ1) is 20.1. The summed E-state index contributed by atoms with van der Waals surface area (Å²) in [5.41, 5.74) is 4.40. The van der Waals surface area contributed by atoms with Crippen molar-refractivity contribution in [1.82, 2.24) is 14.9 Å². The molecule has 4 rings (SSSR count). The van der Waals surface area contributed by atoms with Crippen molar-refractivity contribution in [2.75, 3.05) is 20.2 Å². The minimum atomic E-state index is 0.183. The summed E-state index contributed by atoms with van der Waals surface area (Å²) < 4.78 is 5.23. The Balaban J connectivity index is 1.34. The molecule has 1 aromatic carbocycles. The molecule has 154 valence electrons. The Hall–Kier alpha value is -3.21. The van der Waals surface area contributed by atoms with Gasteiger partial charge in [-0.2, -0.15) is 0 Å². The van der Waals surface area contributed by atoms with Gasteiger partial charge < -0.3 is 9.64 Å². The number of piperidine rings is 1. The van der Waals surface area contributed by atoms with E-state index in [1.807, 2.05) is 29.2 Å². The molecule has 0 spiro atoms. The van der Waals surface area contributed by atoms with E-state index in [4.69, 9.17) is 9.72 Å². The summed E-state index contributed by atoms with van der Waals surface area (Å²) in [5, 5.41) is 0. The molecule has 5 nitrogen and oxygen atoms in total. The largest absolute Gasteiger partial charge is 0.497 e. The molecular formula is C25H27N3O2. The number of carbonyl (C=O) groups excluding carboxylic acids is 1. The third-order valence-electron chi connectivity index (χ3n) is 5.72. The highest BCUT2D eigenvalue weighted by Crippen LogP contribution is 2.27. The number of pyridine rings is 2. The first-order valence-electron chi connectivity index (χ1n) is 10.5. The van der Waals surface area contributed by atoms with E-state index in [1.165, 1.54) is 5.56 Å². The van der Waals surface area contributed by atoms with Crippen LogP contribution in [-0.4, -0.2) is 41.0 Å². The Morgan fingerprint density at radius 2 is 1.83 bits per heavy atom. The molecule has 2 aromatic heterocycles. The van der Waals surface area contributed by atoms with Gasteiger partial charge in [-0.05, 0) is 54.3 Å². The second-order valence-corrected chi connectivity index (χ2v) is 7.77. The van der Waals surface area contributed by atoms with Crippen molar-refractivity contribution >= 4 is 5.91 Å². The number of hydrogen-bond acceptors (Lipinski definition) is 4. The molecule has 5 heteroatoms. The van der Waals surface area contributed by atoms with E-state index in [0.29, 0.717) is 12.3 Å². The molecule has 0 saturated carbocycles. The summed E-state index contributed by atoms with van der Waals surface area (Å²) in [4.78, 5) is 23.6. The smallest absolute Gasteiger partial charge is 0.227 e. The summed E-state index contributed by atoms with van der Waals surface area (Å²) in [6.07, 6.45) is 6.64. The van der Waals surface area contributed by atoms with Crippen LogP contribution in [0.4, 0.5) is 0 Å². The third-order valence-corrected chi connectivity index (χ3v) is 5.72. The number of methoxy groups -OCH3 is 1. The van der Waals surface area contributed by atoms with E-state index >= 15 is 0 Å². The van der Waals surface area contributed by atoms with Crippen molar-refractivity contribution in [3.63, 3.8) is 0 Å². The molecule has 0 N–H and O–H groups in total. The van der Waals surface area contributed by atoms with Gasteiger partial charge in [-0.1, -0.05) is 24.3 Å². The third kappa shape index (κ3) is 5.03. The maximum absolute atomic E-state index is 12.6. The summed E-state index contributed by atoms with van der Waals surface area (Å²) in [5.74, 6) is 1.45. The number of likely N-dealkylation sites (tertiary alicyclic amines) is 1. The van der Waals surface area contributed by atoms with E-state index in [2.05, 4.69) is 35.3 Å². The van der Waals surface area contributed by atoms with E-state index in [1.54, 1.807) is 19.5 Å². The molecule has 0 radical (unpaired) electrons.